The summed E-state index contributed by atoms with van der Waals surface area (Å²) in [6, 6.07) is 10.3. The molecule has 0 unspecified atom stereocenters. The molecule has 1 aromatic rings. The maximum Gasteiger partial charge on any atom is 0.222 e. The highest BCUT2D eigenvalue weighted by Crippen LogP contribution is 2.42. The number of amides is 1. The van der Waals surface area contributed by atoms with Crippen molar-refractivity contribution in [3.63, 3.8) is 0 Å². The molecule has 190 valence electrons. The van der Waals surface area contributed by atoms with E-state index in [1.165, 1.54) is 57.8 Å². The van der Waals surface area contributed by atoms with E-state index < -0.39 is 5.60 Å². The fourth-order valence-electron chi connectivity index (χ4n) is 6.77. The number of nitrogens with zero attached hydrogens (tertiary/aromatic N) is 1. The molecule has 0 aromatic heterocycles. The first-order chi connectivity index (χ1) is 16.6. The highest BCUT2D eigenvalue weighted by molar-refractivity contribution is 5.76. The molecule has 2 saturated carbocycles. The lowest BCUT2D eigenvalue weighted by atomic mass is 9.74. The molecular formula is C30H48N2O2. The maximum atomic E-state index is 13.5. The zero-order chi connectivity index (χ0) is 23.8. The Balaban J connectivity index is 1.39. The van der Waals surface area contributed by atoms with Crippen molar-refractivity contribution < 1.29 is 9.90 Å². The molecule has 1 aromatic carbocycles. The normalized spacial score (nSPS) is 24.5. The van der Waals surface area contributed by atoms with Crippen LogP contribution in [0.2, 0.25) is 0 Å². The van der Waals surface area contributed by atoms with Crippen molar-refractivity contribution in [2.45, 2.75) is 95.5 Å². The van der Waals surface area contributed by atoms with Crippen molar-refractivity contribution in [1.29, 1.82) is 0 Å². The molecule has 1 aliphatic heterocycles. The molecule has 1 heterocycles. The number of hydrogen-bond donors (Lipinski definition) is 2. The van der Waals surface area contributed by atoms with Crippen LogP contribution in [0.1, 0.15) is 95.5 Å². The first kappa shape index (κ1) is 25.7. The van der Waals surface area contributed by atoms with E-state index in [1.807, 2.05) is 25.2 Å². The van der Waals surface area contributed by atoms with Crippen LogP contribution in [0.5, 0.6) is 0 Å². The molecular weight excluding hydrogens is 420 g/mol. The van der Waals surface area contributed by atoms with Gasteiger partial charge in [-0.2, -0.15) is 0 Å². The van der Waals surface area contributed by atoms with Crippen molar-refractivity contribution in [1.82, 2.24) is 10.2 Å². The zero-order valence-electron chi connectivity index (χ0n) is 21.5. The van der Waals surface area contributed by atoms with Gasteiger partial charge >= 0.3 is 0 Å². The standard InChI is InChI=1S/C30H48N2O2/c1-31-22-26(20-25-10-4-2-5-11-25)21-29(33)32-19-9-15-28(23-32)30(34,18-8-12-24-16-17-24)27-13-6-3-7-14-27/h3,6-7,13-14,24-26,28,31,34H,2,4-5,8-12,15-23H2,1H3/t26-,28-,30-/m1/s1. The molecule has 2 N–H and O–H groups in total. The van der Waals surface area contributed by atoms with Crippen LogP contribution in [0.4, 0.5) is 0 Å². The van der Waals surface area contributed by atoms with Gasteiger partial charge in [-0.25, -0.2) is 0 Å². The van der Waals surface area contributed by atoms with Gasteiger partial charge in [-0.3, -0.25) is 4.79 Å². The topological polar surface area (TPSA) is 52.6 Å². The first-order valence-electron chi connectivity index (χ1n) is 14.3. The van der Waals surface area contributed by atoms with Crippen molar-refractivity contribution in [3.05, 3.63) is 35.9 Å². The third-order valence-corrected chi connectivity index (χ3v) is 8.94. The van der Waals surface area contributed by atoms with Gasteiger partial charge in [0.25, 0.3) is 0 Å². The predicted octanol–water partition coefficient (Wildman–Crippen LogP) is 5.89. The molecule has 0 radical (unpaired) electrons. The largest absolute Gasteiger partial charge is 0.385 e. The summed E-state index contributed by atoms with van der Waals surface area (Å²) < 4.78 is 0. The van der Waals surface area contributed by atoms with Crippen LogP contribution in [0.25, 0.3) is 0 Å². The molecule has 4 heteroatoms. The molecule has 3 atom stereocenters. The van der Waals surface area contributed by atoms with Crippen LogP contribution >= 0.6 is 0 Å². The number of benzene rings is 1. The lowest BCUT2D eigenvalue weighted by Gasteiger charge is -2.43. The molecule has 0 bridgehead atoms. The predicted molar refractivity (Wildman–Crippen MR) is 139 cm³/mol. The Labute approximate surface area is 207 Å². The summed E-state index contributed by atoms with van der Waals surface area (Å²) in [5.74, 6) is 2.52. The van der Waals surface area contributed by atoms with E-state index in [2.05, 4.69) is 22.3 Å². The number of rotatable bonds is 12. The Kier molecular flexibility index (Phi) is 9.47. The first-order valence-corrected chi connectivity index (χ1v) is 14.3. The van der Waals surface area contributed by atoms with Gasteiger partial charge in [0, 0.05) is 25.4 Å². The molecule has 34 heavy (non-hydrogen) atoms. The third kappa shape index (κ3) is 7.07. The van der Waals surface area contributed by atoms with E-state index in [-0.39, 0.29) is 5.92 Å². The van der Waals surface area contributed by atoms with Crippen molar-refractivity contribution in [2.24, 2.45) is 23.7 Å². The van der Waals surface area contributed by atoms with Crippen LogP contribution in [-0.2, 0) is 10.4 Å². The molecule has 3 aliphatic rings. The number of carbonyl (C=O) groups excluding carboxylic acids is 1. The van der Waals surface area contributed by atoms with Crippen LogP contribution < -0.4 is 5.32 Å². The number of likely N-dealkylation sites (tertiary alicyclic amines) is 1. The zero-order valence-corrected chi connectivity index (χ0v) is 21.5. The fraction of sp³-hybridized carbons (Fsp3) is 0.767. The van der Waals surface area contributed by atoms with E-state index in [1.54, 1.807) is 0 Å². The summed E-state index contributed by atoms with van der Waals surface area (Å²) in [4.78, 5) is 15.6. The van der Waals surface area contributed by atoms with Gasteiger partial charge in [-0.15, -0.1) is 0 Å². The lowest BCUT2D eigenvalue weighted by Crippen LogP contribution is -2.48. The Morgan fingerprint density at radius 3 is 2.53 bits per heavy atom. The Morgan fingerprint density at radius 1 is 1.06 bits per heavy atom. The van der Waals surface area contributed by atoms with E-state index >= 15 is 0 Å². The summed E-state index contributed by atoms with van der Waals surface area (Å²) in [5.41, 5.74) is 0.206. The minimum atomic E-state index is -0.832. The van der Waals surface area contributed by atoms with Crippen molar-refractivity contribution in [3.8, 4) is 0 Å². The molecule has 1 saturated heterocycles. The molecule has 1 amide bonds. The molecule has 0 spiro atoms. The summed E-state index contributed by atoms with van der Waals surface area (Å²) in [5, 5.41) is 15.4. The minimum Gasteiger partial charge on any atom is -0.385 e. The van der Waals surface area contributed by atoms with Crippen LogP contribution in [0.15, 0.2) is 30.3 Å². The SMILES string of the molecule is CNC[C@@H](CC(=O)N1CCC[C@@H]([C@@](O)(CCCC2CC2)c2ccccc2)C1)CC1CCCCC1. The Hall–Kier alpha value is -1.39. The molecule has 2 aliphatic carbocycles. The second-order valence-electron chi connectivity index (χ2n) is 11.7. The van der Waals surface area contributed by atoms with Crippen LogP contribution in [-0.4, -0.2) is 42.6 Å². The summed E-state index contributed by atoms with van der Waals surface area (Å²) in [6.45, 7) is 2.47. The second kappa shape index (κ2) is 12.5. The number of aliphatic hydroxyl groups is 1. The molecule has 4 rings (SSSR count). The summed E-state index contributed by atoms with van der Waals surface area (Å²) in [7, 11) is 2.01. The fourth-order valence-corrected chi connectivity index (χ4v) is 6.77. The number of nitrogens with one attached hydrogen (secondary N) is 1. The van der Waals surface area contributed by atoms with Crippen molar-refractivity contribution >= 4 is 5.91 Å². The Morgan fingerprint density at radius 2 is 1.82 bits per heavy atom. The Bertz CT molecular complexity index is 743. The number of piperidine rings is 1. The van der Waals surface area contributed by atoms with E-state index in [4.69, 9.17) is 0 Å². The van der Waals surface area contributed by atoms with Crippen molar-refractivity contribution in [2.75, 3.05) is 26.7 Å². The van der Waals surface area contributed by atoms with E-state index in [0.717, 1.165) is 56.2 Å². The highest BCUT2D eigenvalue weighted by atomic mass is 16.3. The van der Waals surface area contributed by atoms with E-state index in [0.29, 0.717) is 24.8 Å². The van der Waals surface area contributed by atoms with Crippen LogP contribution in [0.3, 0.4) is 0 Å². The smallest absolute Gasteiger partial charge is 0.222 e. The number of carbonyl (C=O) groups is 1. The highest BCUT2D eigenvalue weighted by Gasteiger charge is 2.41. The average molecular weight is 469 g/mol. The van der Waals surface area contributed by atoms with Gasteiger partial charge < -0.3 is 15.3 Å². The average Bonchev–Trinajstić information content (AvgIpc) is 3.70. The summed E-state index contributed by atoms with van der Waals surface area (Å²) in [6.07, 6.45) is 16.4. The quantitative estimate of drug-likeness (QED) is 0.402. The van der Waals surface area contributed by atoms with Crippen LogP contribution in [0, 0.1) is 23.7 Å². The van der Waals surface area contributed by atoms with Gasteiger partial charge in [0.1, 0.15) is 0 Å². The van der Waals surface area contributed by atoms with Gasteiger partial charge in [0.2, 0.25) is 5.91 Å². The van der Waals surface area contributed by atoms with Gasteiger partial charge in [0.05, 0.1) is 5.60 Å². The van der Waals surface area contributed by atoms with E-state index in [9.17, 15) is 9.90 Å². The number of hydrogen-bond acceptors (Lipinski definition) is 3. The summed E-state index contributed by atoms with van der Waals surface area (Å²) >= 11 is 0. The second-order valence-corrected chi connectivity index (χ2v) is 11.7. The molecule has 4 nitrogen and oxygen atoms in total. The monoisotopic (exact) mass is 468 g/mol. The minimum absolute atomic E-state index is 0.118. The van der Waals surface area contributed by atoms with Gasteiger partial charge in [-0.1, -0.05) is 81.7 Å². The van der Waals surface area contributed by atoms with Gasteiger partial charge in [-0.05, 0) is 69.0 Å². The van der Waals surface area contributed by atoms with Gasteiger partial charge in [0.15, 0.2) is 0 Å². The third-order valence-electron chi connectivity index (χ3n) is 8.94. The molecule has 3 fully saturated rings. The maximum absolute atomic E-state index is 13.5. The lowest BCUT2D eigenvalue weighted by molar-refractivity contribution is -0.138.